The fourth-order valence-electron chi connectivity index (χ4n) is 3.03. The van der Waals surface area contributed by atoms with Gasteiger partial charge in [-0.3, -0.25) is 9.10 Å². The highest BCUT2D eigenvalue weighted by molar-refractivity contribution is 9.10. The van der Waals surface area contributed by atoms with Gasteiger partial charge in [-0.15, -0.1) is 0 Å². The predicted octanol–water partition coefficient (Wildman–Crippen LogP) is 5.74. The highest BCUT2D eigenvalue weighted by Crippen LogP contribution is 2.25. The molecule has 9 heteroatoms. The molecule has 0 saturated carbocycles. The van der Waals surface area contributed by atoms with Crippen molar-refractivity contribution in [1.82, 2.24) is 5.32 Å². The summed E-state index contributed by atoms with van der Waals surface area (Å²) in [6.07, 6.45) is 0.768. The predicted molar refractivity (Wildman–Crippen MR) is 140 cm³/mol. The number of anilines is 1. The first-order valence-corrected chi connectivity index (χ1v) is 14.1. The van der Waals surface area contributed by atoms with E-state index in [0.29, 0.717) is 12.2 Å². The Morgan fingerprint density at radius 2 is 1.64 bits per heavy atom. The van der Waals surface area contributed by atoms with Crippen LogP contribution in [0.5, 0.6) is 0 Å². The Bertz CT molecular complexity index is 1160. The minimum absolute atomic E-state index is 0.136. The Balaban J connectivity index is 1.56. The normalized spacial score (nSPS) is 11.2. The van der Waals surface area contributed by atoms with Gasteiger partial charge in [0.15, 0.2) is 0 Å². The van der Waals surface area contributed by atoms with E-state index in [1.165, 1.54) is 12.1 Å². The van der Waals surface area contributed by atoms with Crippen LogP contribution in [0.3, 0.4) is 0 Å². The minimum atomic E-state index is -3.90. The average molecular weight is 568 g/mol. The van der Waals surface area contributed by atoms with Gasteiger partial charge in [-0.1, -0.05) is 63.9 Å². The summed E-state index contributed by atoms with van der Waals surface area (Å²) in [5.74, 6) is 1.30. The number of hydrogen-bond donors (Lipinski definition) is 1. The van der Waals surface area contributed by atoms with Crippen LogP contribution in [-0.2, 0) is 20.6 Å². The van der Waals surface area contributed by atoms with E-state index in [0.717, 1.165) is 37.3 Å². The Hall–Kier alpha value is -2.00. The third-order valence-electron chi connectivity index (χ3n) is 4.74. The smallest absolute Gasteiger partial charge is 0.264 e. The van der Waals surface area contributed by atoms with E-state index in [9.17, 15) is 13.2 Å². The van der Waals surface area contributed by atoms with E-state index in [4.69, 9.17) is 11.6 Å². The molecule has 0 spiro atoms. The number of benzene rings is 3. The fraction of sp³-hybridized carbons (Fsp3) is 0.208. The molecule has 0 unspecified atom stereocenters. The highest BCUT2D eigenvalue weighted by atomic mass is 79.9. The van der Waals surface area contributed by atoms with Gasteiger partial charge in [-0.2, -0.15) is 11.8 Å². The number of nitrogens with zero attached hydrogens (tertiary/aromatic N) is 1. The molecule has 0 heterocycles. The average Bonchev–Trinajstić information content (AvgIpc) is 2.82. The molecular weight excluding hydrogens is 544 g/mol. The Kier molecular flexibility index (Phi) is 9.67. The second kappa shape index (κ2) is 12.5. The molecule has 3 rings (SSSR count). The topological polar surface area (TPSA) is 66.5 Å². The van der Waals surface area contributed by atoms with E-state index in [2.05, 4.69) is 21.2 Å². The van der Waals surface area contributed by atoms with Crippen molar-refractivity contribution in [1.29, 1.82) is 0 Å². The molecular formula is C24H24BrClN2O3S2. The molecule has 0 radical (unpaired) electrons. The van der Waals surface area contributed by atoms with Crippen LogP contribution >= 0.6 is 39.3 Å². The third kappa shape index (κ3) is 7.50. The van der Waals surface area contributed by atoms with Crippen molar-refractivity contribution in [2.24, 2.45) is 0 Å². The monoisotopic (exact) mass is 566 g/mol. The molecule has 0 aromatic heterocycles. The minimum Gasteiger partial charge on any atom is -0.354 e. The Morgan fingerprint density at radius 1 is 0.970 bits per heavy atom. The highest BCUT2D eigenvalue weighted by Gasteiger charge is 2.26. The fourth-order valence-corrected chi connectivity index (χ4v) is 5.98. The van der Waals surface area contributed by atoms with Gasteiger partial charge in [0.05, 0.1) is 10.6 Å². The zero-order valence-corrected chi connectivity index (χ0v) is 21.8. The maximum absolute atomic E-state index is 13.3. The maximum atomic E-state index is 13.3. The Morgan fingerprint density at radius 3 is 2.33 bits per heavy atom. The molecule has 0 aliphatic heterocycles. The number of thioether (sulfide) groups is 1. The number of carbonyl (C=O) groups is 1. The quantitative estimate of drug-likeness (QED) is 0.300. The third-order valence-corrected chi connectivity index (χ3v) is 8.51. The van der Waals surface area contributed by atoms with Gasteiger partial charge in [0.2, 0.25) is 5.91 Å². The van der Waals surface area contributed by atoms with Crippen molar-refractivity contribution in [2.75, 3.05) is 23.1 Å². The molecule has 0 fully saturated rings. The van der Waals surface area contributed by atoms with E-state index < -0.39 is 10.0 Å². The van der Waals surface area contributed by atoms with E-state index >= 15 is 0 Å². The summed E-state index contributed by atoms with van der Waals surface area (Å²) in [6, 6.07) is 22.7. The van der Waals surface area contributed by atoms with Crippen LogP contribution in [0.1, 0.15) is 12.0 Å². The number of sulfonamides is 1. The lowest BCUT2D eigenvalue weighted by Gasteiger charge is -2.24. The van der Waals surface area contributed by atoms with E-state index in [1.54, 1.807) is 54.2 Å². The maximum Gasteiger partial charge on any atom is 0.264 e. The van der Waals surface area contributed by atoms with Crippen LogP contribution in [0.2, 0.25) is 5.02 Å². The number of carbonyl (C=O) groups excluding carboxylic acids is 1. The molecule has 0 aliphatic rings. The van der Waals surface area contributed by atoms with Crippen LogP contribution in [0.4, 0.5) is 5.69 Å². The van der Waals surface area contributed by atoms with Crippen molar-refractivity contribution in [3.05, 3.63) is 93.9 Å². The first-order valence-electron chi connectivity index (χ1n) is 10.3. The zero-order chi connectivity index (χ0) is 23.7. The largest absolute Gasteiger partial charge is 0.354 e. The molecule has 0 bridgehead atoms. The first-order chi connectivity index (χ1) is 15.9. The van der Waals surface area contributed by atoms with Crippen LogP contribution in [0, 0.1) is 0 Å². The number of hydrogen-bond acceptors (Lipinski definition) is 4. The lowest BCUT2D eigenvalue weighted by atomic mass is 10.2. The summed E-state index contributed by atoms with van der Waals surface area (Å²) < 4.78 is 28.5. The molecule has 0 aliphatic carbocycles. The lowest BCUT2D eigenvalue weighted by Crippen LogP contribution is -2.41. The van der Waals surface area contributed by atoms with E-state index in [-0.39, 0.29) is 17.3 Å². The summed E-state index contributed by atoms with van der Waals surface area (Å²) in [6.45, 7) is 0.166. The van der Waals surface area contributed by atoms with Crippen LogP contribution in [0.25, 0.3) is 0 Å². The molecule has 33 heavy (non-hydrogen) atoms. The van der Waals surface area contributed by atoms with Crippen LogP contribution in [0.15, 0.2) is 88.2 Å². The molecule has 174 valence electrons. The lowest BCUT2D eigenvalue weighted by molar-refractivity contribution is -0.119. The summed E-state index contributed by atoms with van der Waals surface area (Å²) >= 11 is 11.3. The number of halogens is 2. The van der Waals surface area contributed by atoms with Crippen molar-refractivity contribution < 1.29 is 13.2 Å². The number of nitrogens with one attached hydrogen (secondary N) is 1. The molecule has 1 N–H and O–H groups in total. The zero-order valence-electron chi connectivity index (χ0n) is 17.8. The number of rotatable bonds is 11. The summed E-state index contributed by atoms with van der Waals surface area (Å²) in [5.41, 5.74) is 1.51. The van der Waals surface area contributed by atoms with Crippen molar-refractivity contribution in [3.63, 3.8) is 0 Å². The van der Waals surface area contributed by atoms with Gasteiger partial charge < -0.3 is 5.32 Å². The molecule has 0 saturated heterocycles. The van der Waals surface area contributed by atoms with Gasteiger partial charge in [-0.05, 0) is 60.2 Å². The van der Waals surface area contributed by atoms with Gasteiger partial charge in [0.1, 0.15) is 6.54 Å². The van der Waals surface area contributed by atoms with Crippen molar-refractivity contribution >= 4 is 60.9 Å². The van der Waals surface area contributed by atoms with Gasteiger partial charge in [0.25, 0.3) is 10.0 Å². The Labute approximate surface area is 212 Å². The SMILES string of the molecule is O=C(CN(c1ccc(Br)cc1)S(=O)(=O)c1ccccc1)NCCCSCc1ccccc1Cl. The van der Waals surface area contributed by atoms with Crippen molar-refractivity contribution in [2.45, 2.75) is 17.1 Å². The molecule has 3 aromatic carbocycles. The standard InChI is InChI=1S/C24H24BrClN2O3S2/c25-20-11-13-21(14-12-20)28(33(30,31)22-8-2-1-3-9-22)17-24(29)27-15-6-16-32-18-19-7-4-5-10-23(19)26/h1-5,7-14H,6,15-18H2,(H,27,29). The van der Waals surface area contributed by atoms with Gasteiger partial charge >= 0.3 is 0 Å². The van der Waals surface area contributed by atoms with E-state index in [1.807, 2.05) is 24.3 Å². The first kappa shape index (κ1) is 25.6. The molecule has 1 amide bonds. The summed E-state index contributed by atoms with van der Waals surface area (Å²) in [4.78, 5) is 12.8. The second-order valence-electron chi connectivity index (χ2n) is 7.15. The van der Waals surface area contributed by atoms with Crippen LogP contribution in [-0.4, -0.2) is 33.2 Å². The van der Waals surface area contributed by atoms with Gasteiger partial charge in [-0.25, -0.2) is 8.42 Å². The molecule has 3 aromatic rings. The molecule has 0 atom stereocenters. The van der Waals surface area contributed by atoms with Crippen LogP contribution < -0.4 is 9.62 Å². The second-order valence-corrected chi connectivity index (χ2v) is 11.4. The van der Waals surface area contributed by atoms with Gasteiger partial charge in [0, 0.05) is 21.8 Å². The number of amides is 1. The molecule has 5 nitrogen and oxygen atoms in total. The van der Waals surface area contributed by atoms with Crippen molar-refractivity contribution in [3.8, 4) is 0 Å². The summed E-state index contributed by atoms with van der Waals surface area (Å²) in [7, 11) is -3.90. The summed E-state index contributed by atoms with van der Waals surface area (Å²) in [5, 5.41) is 3.59.